The second-order valence-electron chi connectivity index (χ2n) is 7.52. The van der Waals surface area contributed by atoms with E-state index in [2.05, 4.69) is 21.9 Å². The predicted octanol–water partition coefficient (Wildman–Crippen LogP) is 5.07. The number of carboxylic acid groups (broad SMARTS) is 1. The molecule has 0 aliphatic rings. The van der Waals surface area contributed by atoms with E-state index in [9.17, 15) is 18.7 Å². The second kappa shape index (κ2) is 10.2. The Morgan fingerprint density at radius 3 is 2.47 bits per heavy atom. The number of halogens is 2. The molecule has 166 valence electrons. The molecule has 7 heteroatoms. The summed E-state index contributed by atoms with van der Waals surface area (Å²) in [6.45, 7) is 3.68. The van der Waals surface area contributed by atoms with Crippen LogP contribution < -0.4 is 0 Å². The molecule has 3 rings (SSSR count). The summed E-state index contributed by atoms with van der Waals surface area (Å²) in [6, 6.07) is 14.5. The number of carboxylic acids is 1. The van der Waals surface area contributed by atoms with Gasteiger partial charge in [0.2, 0.25) is 5.82 Å². The molecule has 0 unspecified atom stereocenters. The van der Waals surface area contributed by atoms with E-state index < -0.39 is 17.7 Å². The maximum Gasteiger partial charge on any atom is 0.335 e. The molecule has 3 aromatic rings. The third-order valence-corrected chi connectivity index (χ3v) is 5.06. The number of nitrogens with zero attached hydrogens (tertiary/aromatic N) is 3. The topological polar surface area (TPSA) is 68.0 Å². The van der Waals surface area contributed by atoms with Gasteiger partial charge >= 0.3 is 11.9 Å². The highest BCUT2D eigenvalue weighted by Gasteiger charge is 2.36. The highest BCUT2D eigenvalue weighted by atomic mass is 19.3. The van der Waals surface area contributed by atoms with Crippen molar-refractivity contribution < 1.29 is 18.7 Å². The highest BCUT2D eigenvalue weighted by molar-refractivity contribution is 5.89. The Morgan fingerprint density at radius 2 is 1.81 bits per heavy atom. The van der Waals surface area contributed by atoms with E-state index in [1.165, 1.54) is 4.68 Å². The van der Waals surface area contributed by atoms with Gasteiger partial charge in [-0.05, 0) is 42.5 Å². The van der Waals surface area contributed by atoms with Gasteiger partial charge in [0.05, 0.1) is 18.5 Å². The molecular weight excluding hydrogens is 412 g/mol. The number of carbonyl (C=O) groups is 1. The number of hydrogen-bond acceptors (Lipinski definition) is 3. The number of benzene rings is 2. The minimum atomic E-state index is -3.07. The van der Waals surface area contributed by atoms with Gasteiger partial charge < -0.3 is 5.11 Å². The van der Waals surface area contributed by atoms with E-state index in [1.54, 1.807) is 32.0 Å². The molecule has 32 heavy (non-hydrogen) atoms. The Morgan fingerprint density at radius 1 is 1.12 bits per heavy atom. The van der Waals surface area contributed by atoms with Gasteiger partial charge in [-0.1, -0.05) is 55.3 Å². The van der Waals surface area contributed by atoms with E-state index in [-0.39, 0.29) is 18.4 Å². The fourth-order valence-electron chi connectivity index (χ4n) is 3.42. The fraction of sp³-hybridized carbons (Fsp3) is 0.320. The lowest BCUT2D eigenvalue weighted by atomic mass is 9.99. The van der Waals surface area contributed by atoms with E-state index in [1.807, 2.05) is 30.3 Å². The quantitative estimate of drug-likeness (QED) is 0.475. The van der Waals surface area contributed by atoms with Gasteiger partial charge in [-0.25, -0.2) is 14.5 Å². The van der Waals surface area contributed by atoms with Crippen molar-refractivity contribution in [1.82, 2.24) is 14.8 Å². The van der Waals surface area contributed by atoms with Crippen LogP contribution in [0.2, 0.25) is 0 Å². The first-order valence-electron chi connectivity index (χ1n) is 10.4. The molecule has 2 aromatic carbocycles. The molecule has 0 atom stereocenters. The normalized spacial score (nSPS) is 11.1. The van der Waals surface area contributed by atoms with E-state index in [0.29, 0.717) is 25.2 Å². The third kappa shape index (κ3) is 5.58. The van der Waals surface area contributed by atoms with Crippen molar-refractivity contribution in [2.24, 2.45) is 0 Å². The SMILES string of the molecule is CC#CCc1nc(C(F)(F)CCC)nn1Cc1ccc(Cc2ccccc2C(=O)O)cc1. The minimum Gasteiger partial charge on any atom is -0.478 e. The summed E-state index contributed by atoms with van der Waals surface area (Å²) in [5.74, 6) is 1.55. The van der Waals surface area contributed by atoms with Crippen molar-refractivity contribution in [3.05, 3.63) is 82.4 Å². The number of hydrogen-bond donors (Lipinski definition) is 1. The van der Waals surface area contributed by atoms with Crippen LogP contribution in [0.15, 0.2) is 48.5 Å². The zero-order chi connectivity index (χ0) is 23.1. The van der Waals surface area contributed by atoms with E-state index in [4.69, 9.17) is 0 Å². The zero-order valence-corrected chi connectivity index (χ0v) is 18.1. The lowest BCUT2D eigenvalue weighted by molar-refractivity contribution is -0.0232. The van der Waals surface area contributed by atoms with Crippen LogP contribution in [-0.4, -0.2) is 25.8 Å². The largest absolute Gasteiger partial charge is 0.478 e. The zero-order valence-electron chi connectivity index (χ0n) is 18.1. The van der Waals surface area contributed by atoms with E-state index in [0.717, 1.165) is 16.7 Å². The molecule has 0 spiro atoms. The molecule has 1 N–H and O–H groups in total. The van der Waals surface area contributed by atoms with Crippen molar-refractivity contribution in [2.75, 3.05) is 0 Å². The van der Waals surface area contributed by atoms with Crippen LogP contribution in [0.5, 0.6) is 0 Å². The van der Waals surface area contributed by atoms with Gasteiger partial charge in [0.15, 0.2) is 0 Å². The predicted molar refractivity (Wildman–Crippen MR) is 118 cm³/mol. The Balaban J connectivity index is 1.81. The van der Waals surface area contributed by atoms with Crippen LogP contribution in [0.25, 0.3) is 0 Å². The van der Waals surface area contributed by atoms with Crippen molar-refractivity contribution in [3.8, 4) is 11.8 Å². The van der Waals surface area contributed by atoms with Crippen LogP contribution in [0.1, 0.15) is 65.4 Å². The molecular formula is C25H25F2N3O2. The first kappa shape index (κ1) is 23.1. The smallest absolute Gasteiger partial charge is 0.335 e. The van der Waals surface area contributed by atoms with Crippen LogP contribution >= 0.6 is 0 Å². The molecule has 0 fully saturated rings. The molecule has 5 nitrogen and oxygen atoms in total. The molecule has 0 aliphatic heterocycles. The molecule has 0 aliphatic carbocycles. The van der Waals surface area contributed by atoms with Crippen molar-refractivity contribution >= 4 is 5.97 Å². The molecule has 0 amide bonds. The number of aromatic carboxylic acids is 1. The average Bonchev–Trinajstić information content (AvgIpc) is 3.17. The number of aromatic nitrogens is 3. The average molecular weight is 437 g/mol. The van der Waals surface area contributed by atoms with Crippen LogP contribution in [-0.2, 0) is 25.3 Å². The van der Waals surface area contributed by atoms with Crippen LogP contribution in [0.3, 0.4) is 0 Å². The standard InChI is InChI=1S/C25H25F2N3O2/c1-3-5-10-22-28-24(25(26,27)15-4-2)29-30(22)17-19-13-11-18(12-14-19)16-20-8-6-7-9-21(20)23(31)32/h6-9,11-14H,4,10,15-17H2,1-2H3,(H,31,32). The maximum atomic E-state index is 14.3. The van der Waals surface area contributed by atoms with Crippen molar-refractivity contribution in [2.45, 2.75) is 52.0 Å². The van der Waals surface area contributed by atoms with E-state index >= 15 is 0 Å². The van der Waals surface area contributed by atoms with Crippen LogP contribution in [0, 0.1) is 11.8 Å². The molecule has 1 aromatic heterocycles. The van der Waals surface area contributed by atoms with Crippen LogP contribution in [0.4, 0.5) is 8.78 Å². The number of alkyl halides is 2. The highest BCUT2D eigenvalue weighted by Crippen LogP contribution is 2.30. The van der Waals surface area contributed by atoms with Gasteiger partial charge in [0, 0.05) is 6.42 Å². The van der Waals surface area contributed by atoms with Gasteiger partial charge in [-0.2, -0.15) is 8.78 Å². The van der Waals surface area contributed by atoms with Crippen molar-refractivity contribution in [3.63, 3.8) is 0 Å². The summed E-state index contributed by atoms with van der Waals surface area (Å²) in [5.41, 5.74) is 2.84. The van der Waals surface area contributed by atoms with Gasteiger partial charge in [0.25, 0.3) is 0 Å². The third-order valence-electron chi connectivity index (χ3n) is 5.06. The summed E-state index contributed by atoms with van der Waals surface area (Å²) >= 11 is 0. The summed E-state index contributed by atoms with van der Waals surface area (Å²) in [7, 11) is 0. The van der Waals surface area contributed by atoms with Gasteiger partial charge in [-0.3, -0.25) is 0 Å². The Hall–Kier alpha value is -3.53. The molecule has 1 heterocycles. The fourth-order valence-corrected chi connectivity index (χ4v) is 3.42. The summed E-state index contributed by atoms with van der Waals surface area (Å²) in [4.78, 5) is 15.5. The Kier molecular flexibility index (Phi) is 7.37. The monoisotopic (exact) mass is 437 g/mol. The lowest BCUT2D eigenvalue weighted by Crippen LogP contribution is -2.15. The molecule has 0 saturated carbocycles. The molecule has 0 radical (unpaired) electrons. The van der Waals surface area contributed by atoms with Crippen molar-refractivity contribution in [1.29, 1.82) is 0 Å². The second-order valence-corrected chi connectivity index (χ2v) is 7.52. The lowest BCUT2D eigenvalue weighted by Gasteiger charge is -2.10. The maximum absolute atomic E-state index is 14.3. The van der Waals surface area contributed by atoms with Gasteiger partial charge in [0.1, 0.15) is 5.82 Å². The Labute approximate surface area is 186 Å². The number of rotatable bonds is 9. The first-order valence-corrected chi connectivity index (χ1v) is 10.4. The minimum absolute atomic E-state index is 0.246. The molecule has 0 saturated heterocycles. The summed E-state index contributed by atoms with van der Waals surface area (Å²) in [5, 5.41) is 13.4. The Bertz CT molecular complexity index is 1140. The van der Waals surface area contributed by atoms with Gasteiger partial charge in [-0.15, -0.1) is 11.0 Å². The summed E-state index contributed by atoms with van der Waals surface area (Å²) < 4.78 is 30.2. The first-order chi connectivity index (χ1) is 15.3. The molecule has 0 bridgehead atoms. The summed E-state index contributed by atoms with van der Waals surface area (Å²) in [6.07, 6.45) is 0.757.